The zero-order chi connectivity index (χ0) is 34.1. The topological polar surface area (TPSA) is 25.8 Å². The molecule has 0 atom stereocenters. The van der Waals surface area contributed by atoms with Crippen LogP contribution >= 0.6 is 0 Å². The first-order chi connectivity index (χ1) is 25.0. The summed E-state index contributed by atoms with van der Waals surface area (Å²) in [4.78, 5) is 10.6. The van der Waals surface area contributed by atoms with Crippen molar-refractivity contribution in [1.29, 1.82) is 0 Å². The largest absolute Gasteiger partial charge is 0.228 e. The van der Waals surface area contributed by atoms with Crippen molar-refractivity contribution in [2.75, 3.05) is 0 Å². The quantitative estimate of drug-likeness (QED) is 0.140. The fourth-order valence-corrected chi connectivity index (χ4v) is 8.29. The lowest BCUT2D eigenvalue weighted by Gasteiger charge is -2.22. The van der Waals surface area contributed by atoms with E-state index in [9.17, 15) is 0 Å². The van der Waals surface area contributed by atoms with Crippen molar-refractivity contribution < 1.29 is 0 Å². The molecule has 51 heavy (non-hydrogen) atoms. The minimum atomic E-state index is -0.0584. The van der Waals surface area contributed by atoms with Gasteiger partial charge in [0.05, 0.1) is 11.4 Å². The Hall–Kier alpha value is -6.38. The molecule has 0 saturated carbocycles. The van der Waals surface area contributed by atoms with Gasteiger partial charge in [-0.05, 0) is 90.0 Å². The summed E-state index contributed by atoms with van der Waals surface area (Å²) in [5.74, 6) is 0.715. The van der Waals surface area contributed by atoms with Crippen molar-refractivity contribution in [2.45, 2.75) is 19.3 Å². The van der Waals surface area contributed by atoms with Gasteiger partial charge in [-0.1, -0.05) is 159 Å². The fourth-order valence-electron chi connectivity index (χ4n) is 8.29. The third-order valence-corrected chi connectivity index (χ3v) is 10.8. The van der Waals surface area contributed by atoms with Crippen LogP contribution < -0.4 is 0 Å². The van der Waals surface area contributed by atoms with Crippen molar-refractivity contribution in [1.82, 2.24) is 9.97 Å². The van der Waals surface area contributed by atoms with E-state index in [1.54, 1.807) is 0 Å². The highest BCUT2D eigenvalue weighted by Crippen LogP contribution is 2.49. The normalized spacial score (nSPS) is 13.1. The molecule has 0 fully saturated rings. The molecule has 1 aromatic heterocycles. The van der Waals surface area contributed by atoms with Crippen molar-refractivity contribution in [2.24, 2.45) is 0 Å². The zero-order valence-electron chi connectivity index (χ0n) is 28.6. The average molecular weight is 651 g/mol. The third-order valence-electron chi connectivity index (χ3n) is 10.8. The van der Waals surface area contributed by atoms with Crippen LogP contribution in [0.2, 0.25) is 0 Å². The van der Waals surface area contributed by atoms with Gasteiger partial charge in [0, 0.05) is 22.1 Å². The number of nitrogens with zero attached hydrogens (tertiary/aromatic N) is 2. The van der Waals surface area contributed by atoms with E-state index >= 15 is 0 Å². The lowest BCUT2D eigenvalue weighted by atomic mass is 9.81. The highest BCUT2D eigenvalue weighted by Gasteiger charge is 2.35. The molecule has 0 amide bonds. The summed E-state index contributed by atoms with van der Waals surface area (Å²) in [5.41, 5.74) is 12.8. The molecule has 1 aliphatic rings. The molecule has 0 spiro atoms. The Morgan fingerprint density at radius 1 is 0.392 bits per heavy atom. The molecule has 0 radical (unpaired) electrons. The lowest BCUT2D eigenvalue weighted by Crippen LogP contribution is -2.14. The van der Waals surface area contributed by atoms with E-state index in [1.165, 1.54) is 65.7 Å². The van der Waals surface area contributed by atoms with E-state index in [1.807, 2.05) is 6.07 Å². The first-order valence-corrected chi connectivity index (χ1v) is 17.7. The molecule has 0 aliphatic heterocycles. The van der Waals surface area contributed by atoms with E-state index in [2.05, 4.69) is 178 Å². The van der Waals surface area contributed by atoms with Gasteiger partial charge < -0.3 is 0 Å². The molecule has 2 nitrogen and oxygen atoms in total. The lowest BCUT2D eigenvalue weighted by molar-refractivity contribution is 0.660. The molecule has 2 heteroatoms. The summed E-state index contributed by atoms with van der Waals surface area (Å²) in [6.07, 6.45) is 0. The summed E-state index contributed by atoms with van der Waals surface area (Å²) in [6.45, 7) is 4.68. The Kier molecular flexibility index (Phi) is 6.56. The van der Waals surface area contributed by atoms with Crippen LogP contribution in [0.3, 0.4) is 0 Å². The van der Waals surface area contributed by atoms with E-state index in [0.29, 0.717) is 5.82 Å². The van der Waals surface area contributed by atoms with Gasteiger partial charge in [0.15, 0.2) is 5.82 Å². The van der Waals surface area contributed by atoms with Crippen LogP contribution in [0.1, 0.15) is 25.0 Å². The van der Waals surface area contributed by atoms with E-state index in [4.69, 9.17) is 9.97 Å². The number of benzene rings is 8. The highest BCUT2D eigenvalue weighted by molar-refractivity contribution is 6.21. The molecule has 0 bridgehead atoms. The van der Waals surface area contributed by atoms with E-state index in [-0.39, 0.29) is 5.41 Å². The Morgan fingerprint density at radius 2 is 1.04 bits per heavy atom. The molecule has 10 rings (SSSR count). The molecule has 1 heterocycles. The van der Waals surface area contributed by atoms with Crippen LogP contribution in [0.25, 0.3) is 88.5 Å². The maximum Gasteiger partial charge on any atom is 0.160 e. The van der Waals surface area contributed by atoms with E-state index in [0.717, 1.165) is 28.1 Å². The molecule has 1 aliphatic carbocycles. The third kappa shape index (κ3) is 4.71. The SMILES string of the molecule is CC1(C)c2ccccc2-c2ccc(-c3cccc(-c4cc(-c5c6ccccc6cc6ccc7ccccc7c56)nc(-c5ccccc5)n4)c3)cc21. The first kappa shape index (κ1) is 29.5. The van der Waals surface area contributed by atoms with Crippen molar-refractivity contribution in [3.8, 4) is 56.2 Å². The maximum atomic E-state index is 5.35. The Morgan fingerprint density at radius 3 is 1.92 bits per heavy atom. The second-order valence-electron chi connectivity index (χ2n) is 14.2. The number of hydrogen-bond donors (Lipinski definition) is 0. The maximum absolute atomic E-state index is 5.35. The summed E-state index contributed by atoms with van der Waals surface area (Å²) in [7, 11) is 0. The van der Waals surface area contributed by atoms with Crippen molar-refractivity contribution >= 4 is 32.3 Å². The van der Waals surface area contributed by atoms with Crippen LogP contribution in [0.4, 0.5) is 0 Å². The number of aromatic nitrogens is 2. The molecule has 9 aromatic rings. The standard InChI is InChI=1S/C49H34N2/c1-49(2)42-22-11-10-21-40(42)41-26-25-34(29-43(41)49)33-17-12-18-36(27-33)44-30-45(51-48(50-44)32-14-4-3-5-15-32)47-39-20-9-7-16-35(39)28-37-24-23-31-13-6-8-19-38(31)46(37)47/h3-30H,1-2H3. The summed E-state index contributed by atoms with van der Waals surface area (Å²) in [5, 5.41) is 7.23. The second kappa shape index (κ2) is 11.3. The van der Waals surface area contributed by atoms with Crippen LogP contribution in [0, 0.1) is 0 Å². The van der Waals surface area contributed by atoms with Crippen molar-refractivity contribution in [3.63, 3.8) is 0 Å². The Bertz CT molecular complexity index is 2830. The Labute approximate surface area is 297 Å². The Balaban J connectivity index is 1.19. The molecule has 240 valence electrons. The number of hydrogen-bond acceptors (Lipinski definition) is 2. The second-order valence-corrected chi connectivity index (χ2v) is 14.2. The molecule has 0 saturated heterocycles. The zero-order valence-corrected chi connectivity index (χ0v) is 28.6. The van der Waals surface area contributed by atoms with Gasteiger partial charge in [0.1, 0.15) is 0 Å². The molecule has 0 unspecified atom stereocenters. The summed E-state index contributed by atoms with van der Waals surface area (Å²) >= 11 is 0. The molecule has 8 aromatic carbocycles. The fraction of sp³-hybridized carbons (Fsp3) is 0.0612. The summed E-state index contributed by atoms with van der Waals surface area (Å²) in [6, 6.07) is 61.3. The average Bonchev–Trinajstić information content (AvgIpc) is 3.42. The van der Waals surface area contributed by atoms with Gasteiger partial charge >= 0.3 is 0 Å². The van der Waals surface area contributed by atoms with Gasteiger partial charge in [-0.2, -0.15) is 0 Å². The first-order valence-electron chi connectivity index (χ1n) is 17.7. The van der Waals surface area contributed by atoms with Crippen LogP contribution in [-0.4, -0.2) is 9.97 Å². The minimum Gasteiger partial charge on any atom is -0.228 e. The van der Waals surface area contributed by atoms with Crippen LogP contribution in [-0.2, 0) is 5.41 Å². The number of rotatable bonds is 4. The predicted octanol–water partition coefficient (Wildman–Crippen LogP) is 12.9. The number of fused-ring (bicyclic) bond motifs is 7. The predicted molar refractivity (Wildman–Crippen MR) is 214 cm³/mol. The van der Waals surface area contributed by atoms with Gasteiger partial charge in [-0.3, -0.25) is 0 Å². The van der Waals surface area contributed by atoms with Gasteiger partial charge in [0.25, 0.3) is 0 Å². The molecular formula is C49H34N2. The van der Waals surface area contributed by atoms with E-state index < -0.39 is 0 Å². The highest BCUT2D eigenvalue weighted by atomic mass is 14.9. The van der Waals surface area contributed by atoms with Gasteiger partial charge in [-0.15, -0.1) is 0 Å². The van der Waals surface area contributed by atoms with Gasteiger partial charge in [0.2, 0.25) is 0 Å². The minimum absolute atomic E-state index is 0.0584. The molecule has 0 N–H and O–H groups in total. The van der Waals surface area contributed by atoms with Crippen LogP contribution in [0.5, 0.6) is 0 Å². The monoisotopic (exact) mass is 650 g/mol. The van der Waals surface area contributed by atoms with Crippen molar-refractivity contribution in [3.05, 3.63) is 181 Å². The van der Waals surface area contributed by atoms with Gasteiger partial charge in [-0.25, -0.2) is 9.97 Å². The molecular weight excluding hydrogens is 617 g/mol. The smallest absolute Gasteiger partial charge is 0.160 e. The summed E-state index contributed by atoms with van der Waals surface area (Å²) < 4.78 is 0. The van der Waals surface area contributed by atoms with Crippen LogP contribution in [0.15, 0.2) is 170 Å².